The van der Waals surface area contributed by atoms with Gasteiger partial charge in [0.2, 0.25) is 0 Å². The van der Waals surface area contributed by atoms with Crippen molar-refractivity contribution in [1.82, 2.24) is 15.3 Å². The van der Waals surface area contributed by atoms with E-state index in [1.54, 1.807) is 18.6 Å². The highest BCUT2D eigenvalue weighted by molar-refractivity contribution is 9.11. The van der Waals surface area contributed by atoms with E-state index in [2.05, 4.69) is 60.3 Å². The van der Waals surface area contributed by atoms with E-state index < -0.39 is 0 Å². The Morgan fingerprint density at radius 3 is 3.00 bits per heavy atom. The first-order valence-corrected chi connectivity index (χ1v) is 10.8. The van der Waals surface area contributed by atoms with Gasteiger partial charge in [0.1, 0.15) is 5.82 Å². The van der Waals surface area contributed by atoms with Crippen molar-refractivity contribution in [1.29, 1.82) is 0 Å². The molecule has 0 saturated carbocycles. The largest absolute Gasteiger partial charge is 0.373 e. The van der Waals surface area contributed by atoms with Gasteiger partial charge in [0.15, 0.2) is 0 Å². The fourth-order valence-electron chi connectivity index (χ4n) is 3.53. The van der Waals surface area contributed by atoms with Crippen molar-refractivity contribution in [2.75, 3.05) is 11.9 Å². The molecule has 2 aliphatic rings. The first kappa shape index (κ1) is 20.3. The van der Waals surface area contributed by atoms with E-state index in [0.717, 1.165) is 65.4 Å². The van der Waals surface area contributed by atoms with Crippen LogP contribution in [0.1, 0.15) is 37.3 Å². The van der Waals surface area contributed by atoms with Crippen molar-refractivity contribution < 1.29 is 0 Å². The number of halogens is 1. The molecule has 2 N–H and O–H groups in total. The van der Waals surface area contributed by atoms with Crippen LogP contribution in [0.5, 0.6) is 0 Å². The molecule has 5 nitrogen and oxygen atoms in total. The molecule has 0 amide bonds. The van der Waals surface area contributed by atoms with Crippen LogP contribution in [-0.4, -0.2) is 22.3 Å². The molecule has 2 aromatic heterocycles. The lowest BCUT2D eigenvalue weighted by molar-refractivity contribution is 0.796. The summed E-state index contributed by atoms with van der Waals surface area (Å²) in [5.41, 5.74) is 6.17. The molecule has 4 rings (SSSR count). The topological polar surface area (TPSA) is 62.2 Å². The summed E-state index contributed by atoms with van der Waals surface area (Å²) in [7, 11) is 0. The number of fused-ring (bicyclic) bond motifs is 2. The molecule has 1 aliphatic carbocycles. The standard InChI is InChI=1S/C24H24BrN5/c1-16-20-4-3-11-28-24(20)30-23-15-26-12-10-21(23)22(16)14-29-17(2)27-13-9-18-5-7-19(25)8-6-18/h3-5,7,10-12,14-15H,1,6,8-9,13H2,2H3,(H,27,29)(H,28,30)/b22-14+. The molecule has 0 saturated heterocycles. The van der Waals surface area contributed by atoms with Crippen molar-refractivity contribution in [2.45, 2.75) is 26.2 Å². The molecule has 0 bridgehead atoms. The van der Waals surface area contributed by atoms with Gasteiger partial charge < -0.3 is 10.6 Å². The molecule has 152 valence electrons. The number of amidine groups is 1. The minimum Gasteiger partial charge on any atom is -0.373 e. The van der Waals surface area contributed by atoms with Gasteiger partial charge in [0.05, 0.1) is 17.7 Å². The van der Waals surface area contributed by atoms with Gasteiger partial charge in [-0.1, -0.05) is 40.2 Å². The number of pyridine rings is 2. The smallest absolute Gasteiger partial charge is 0.138 e. The number of allylic oxidation sites excluding steroid dienone is 5. The Morgan fingerprint density at radius 1 is 1.27 bits per heavy atom. The Kier molecular flexibility index (Phi) is 6.23. The highest BCUT2D eigenvalue weighted by atomic mass is 79.9. The number of hydrogen-bond acceptors (Lipinski definition) is 4. The third-order valence-electron chi connectivity index (χ3n) is 5.22. The van der Waals surface area contributed by atoms with Gasteiger partial charge >= 0.3 is 0 Å². The predicted octanol–water partition coefficient (Wildman–Crippen LogP) is 5.99. The fourth-order valence-corrected chi connectivity index (χ4v) is 3.86. The second-order valence-corrected chi connectivity index (χ2v) is 8.32. The summed E-state index contributed by atoms with van der Waals surface area (Å²) in [6.07, 6.45) is 14.8. The van der Waals surface area contributed by atoms with Crippen molar-refractivity contribution in [3.05, 3.63) is 82.9 Å². The molecule has 2 aromatic rings. The quantitative estimate of drug-likeness (QED) is 0.433. The first-order chi connectivity index (χ1) is 14.6. The van der Waals surface area contributed by atoms with Crippen molar-refractivity contribution in [2.24, 2.45) is 4.99 Å². The van der Waals surface area contributed by atoms with Gasteiger partial charge in [-0.3, -0.25) is 4.98 Å². The number of nitrogens with zero attached hydrogens (tertiary/aromatic N) is 3. The summed E-state index contributed by atoms with van der Waals surface area (Å²) in [6.45, 7) is 7.18. The Labute approximate surface area is 185 Å². The van der Waals surface area contributed by atoms with Crippen LogP contribution < -0.4 is 10.6 Å². The normalized spacial score (nSPS) is 17.3. The zero-order valence-corrected chi connectivity index (χ0v) is 18.5. The van der Waals surface area contributed by atoms with Crippen molar-refractivity contribution in [3.63, 3.8) is 0 Å². The Morgan fingerprint density at radius 2 is 2.17 bits per heavy atom. The van der Waals surface area contributed by atoms with Crippen LogP contribution in [0.2, 0.25) is 0 Å². The maximum atomic E-state index is 4.68. The van der Waals surface area contributed by atoms with Gasteiger partial charge in [0, 0.05) is 41.8 Å². The molecule has 0 spiro atoms. The molecule has 6 heteroatoms. The van der Waals surface area contributed by atoms with Gasteiger partial charge in [-0.2, -0.15) is 0 Å². The average molecular weight is 462 g/mol. The fraction of sp³-hybridized carbons (Fsp3) is 0.208. The van der Waals surface area contributed by atoms with Crippen LogP contribution in [0.25, 0.3) is 11.1 Å². The predicted molar refractivity (Wildman–Crippen MR) is 129 cm³/mol. The lowest BCUT2D eigenvalue weighted by Crippen LogP contribution is -2.21. The zero-order valence-electron chi connectivity index (χ0n) is 17.0. The van der Waals surface area contributed by atoms with E-state index in [0.29, 0.717) is 0 Å². The lowest BCUT2D eigenvalue weighted by Gasteiger charge is -2.12. The molecule has 0 fully saturated rings. The summed E-state index contributed by atoms with van der Waals surface area (Å²) >= 11 is 3.55. The van der Waals surface area contributed by atoms with Gasteiger partial charge in [-0.15, -0.1) is 0 Å². The van der Waals surface area contributed by atoms with Crippen molar-refractivity contribution >= 4 is 44.4 Å². The molecule has 3 heterocycles. The van der Waals surface area contributed by atoms with E-state index in [1.807, 2.05) is 31.3 Å². The molecular formula is C24H24BrN5. The van der Waals surface area contributed by atoms with Crippen LogP contribution in [0, 0.1) is 0 Å². The number of rotatable bonds is 4. The van der Waals surface area contributed by atoms with Gasteiger partial charge in [0.25, 0.3) is 0 Å². The Bertz CT molecular complexity index is 1090. The molecule has 0 aromatic carbocycles. The van der Waals surface area contributed by atoms with Crippen LogP contribution >= 0.6 is 15.9 Å². The zero-order chi connectivity index (χ0) is 20.9. The van der Waals surface area contributed by atoms with Crippen molar-refractivity contribution in [3.8, 4) is 0 Å². The van der Waals surface area contributed by atoms with Crippen LogP contribution in [0.3, 0.4) is 0 Å². The van der Waals surface area contributed by atoms with Crippen LogP contribution in [-0.2, 0) is 0 Å². The number of anilines is 2. The number of hydrogen-bond donors (Lipinski definition) is 2. The lowest BCUT2D eigenvalue weighted by atomic mass is 9.96. The van der Waals surface area contributed by atoms with E-state index in [-0.39, 0.29) is 0 Å². The molecule has 30 heavy (non-hydrogen) atoms. The minimum absolute atomic E-state index is 0.778. The molecule has 0 radical (unpaired) electrons. The maximum Gasteiger partial charge on any atom is 0.138 e. The highest BCUT2D eigenvalue weighted by Gasteiger charge is 2.20. The summed E-state index contributed by atoms with van der Waals surface area (Å²) in [5.74, 6) is 1.66. The Balaban J connectivity index is 1.53. The third kappa shape index (κ3) is 4.60. The third-order valence-corrected chi connectivity index (χ3v) is 5.88. The summed E-state index contributed by atoms with van der Waals surface area (Å²) < 4.78 is 1.27. The molecule has 0 unspecified atom stereocenters. The number of aliphatic imine (C=N–C) groups is 1. The van der Waals surface area contributed by atoms with E-state index in [9.17, 15) is 0 Å². The minimum atomic E-state index is 0.778. The molecule has 0 atom stereocenters. The molecular weight excluding hydrogens is 438 g/mol. The van der Waals surface area contributed by atoms with E-state index in [1.165, 1.54) is 10.1 Å². The van der Waals surface area contributed by atoms with Gasteiger partial charge in [-0.05, 0) is 54.4 Å². The van der Waals surface area contributed by atoms with E-state index >= 15 is 0 Å². The number of nitrogens with one attached hydrogen (secondary N) is 2. The SMILES string of the molecule is C=C1/C(=C\N=C(/C)NCCC2=CC=C(Br)CC2)c2ccncc2Nc2ncccc21. The Hall–Kier alpha value is -2.99. The monoisotopic (exact) mass is 461 g/mol. The summed E-state index contributed by atoms with van der Waals surface area (Å²) in [6, 6.07) is 5.91. The highest BCUT2D eigenvalue weighted by Crippen LogP contribution is 2.40. The summed E-state index contributed by atoms with van der Waals surface area (Å²) in [5, 5.41) is 6.79. The van der Waals surface area contributed by atoms with Gasteiger partial charge in [-0.25, -0.2) is 9.98 Å². The average Bonchev–Trinajstić information content (AvgIpc) is 2.88. The van der Waals surface area contributed by atoms with E-state index in [4.69, 9.17) is 0 Å². The second-order valence-electron chi connectivity index (χ2n) is 7.30. The maximum absolute atomic E-state index is 4.68. The summed E-state index contributed by atoms with van der Waals surface area (Å²) in [4.78, 5) is 13.4. The second kappa shape index (κ2) is 9.22. The number of aromatic nitrogens is 2. The van der Waals surface area contributed by atoms with Crippen LogP contribution in [0.4, 0.5) is 11.5 Å². The first-order valence-electron chi connectivity index (χ1n) is 10.0. The molecule has 1 aliphatic heterocycles. The van der Waals surface area contributed by atoms with Crippen LogP contribution in [0.15, 0.2) is 76.8 Å².